The predicted molar refractivity (Wildman–Crippen MR) is 61.2 cm³/mol. The molecule has 1 nitrogen and oxygen atoms in total. The summed E-state index contributed by atoms with van der Waals surface area (Å²) >= 11 is 3.54. The lowest BCUT2D eigenvalue weighted by Crippen LogP contribution is -2.09. The zero-order chi connectivity index (χ0) is 9.68. The molecule has 1 N–H and O–H groups in total. The fraction of sp³-hybridized carbons (Fsp3) is 0.455. The normalized spacial score (nSPS) is 12.8. The number of benzene rings is 1. The van der Waals surface area contributed by atoms with Gasteiger partial charge in [-0.1, -0.05) is 53.5 Å². The Labute approximate surface area is 88.7 Å². The fourth-order valence-electron chi connectivity index (χ4n) is 1.31. The van der Waals surface area contributed by atoms with Crippen LogP contribution >= 0.6 is 15.9 Å². The molecule has 0 heterocycles. The van der Waals surface area contributed by atoms with Crippen LogP contribution in [0.4, 0.5) is 0 Å². The van der Waals surface area contributed by atoms with Crippen molar-refractivity contribution in [2.24, 2.45) is 0 Å². The van der Waals surface area contributed by atoms with Gasteiger partial charge in [-0.05, 0) is 24.6 Å². The van der Waals surface area contributed by atoms with Gasteiger partial charge in [-0.3, -0.25) is 0 Å². The van der Waals surface area contributed by atoms with Crippen LogP contribution in [0.1, 0.15) is 29.4 Å². The minimum atomic E-state index is 0.267. The lowest BCUT2D eigenvalue weighted by atomic mass is 10.1. The first kappa shape index (κ1) is 10.7. The molecule has 1 atom stereocenters. The lowest BCUT2D eigenvalue weighted by molar-refractivity contribution is 0.807. The first-order valence-electron chi connectivity index (χ1n) is 4.68. The molecule has 0 saturated carbocycles. The van der Waals surface area contributed by atoms with Gasteiger partial charge in [0.1, 0.15) is 0 Å². The molecule has 0 aliphatic carbocycles. The SMILES string of the molecule is CCCc1ccc(C(Br)NC)cc1. The van der Waals surface area contributed by atoms with E-state index in [9.17, 15) is 0 Å². The average molecular weight is 242 g/mol. The van der Waals surface area contributed by atoms with Crippen LogP contribution in [0.2, 0.25) is 0 Å². The van der Waals surface area contributed by atoms with Crippen molar-refractivity contribution in [3.05, 3.63) is 35.4 Å². The highest BCUT2D eigenvalue weighted by Gasteiger charge is 2.02. The maximum Gasteiger partial charge on any atom is 0.0884 e. The quantitative estimate of drug-likeness (QED) is 0.631. The Morgan fingerprint density at radius 1 is 1.31 bits per heavy atom. The summed E-state index contributed by atoms with van der Waals surface area (Å²) in [6.07, 6.45) is 2.38. The molecule has 1 unspecified atom stereocenters. The van der Waals surface area contributed by atoms with Crippen molar-refractivity contribution in [2.45, 2.75) is 24.7 Å². The van der Waals surface area contributed by atoms with Crippen molar-refractivity contribution in [1.82, 2.24) is 5.32 Å². The molecule has 1 rings (SSSR count). The lowest BCUT2D eigenvalue weighted by Gasteiger charge is -2.09. The van der Waals surface area contributed by atoms with E-state index in [0.717, 1.165) is 0 Å². The van der Waals surface area contributed by atoms with Gasteiger partial charge in [0.2, 0.25) is 0 Å². The van der Waals surface area contributed by atoms with Crippen LogP contribution in [0, 0.1) is 0 Å². The predicted octanol–water partition coefficient (Wildman–Crippen LogP) is 3.25. The first-order chi connectivity index (χ1) is 6.27. The Morgan fingerprint density at radius 2 is 1.92 bits per heavy atom. The summed E-state index contributed by atoms with van der Waals surface area (Å²) in [6, 6.07) is 8.73. The summed E-state index contributed by atoms with van der Waals surface area (Å²) in [5.41, 5.74) is 2.70. The molecule has 2 heteroatoms. The second-order valence-electron chi connectivity index (χ2n) is 3.14. The molecule has 72 valence electrons. The van der Waals surface area contributed by atoms with Crippen LogP contribution in [0.25, 0.3) is 0 Å². The molecule has 0 aliphatic rings. The molecular weight excluding hydrogens is 226 g/mol. The van der Waals surface area contributed by atoms with E-state index < -0.39 is 0 Å². The third-order valence-electron chi connectivity index (χ3n) is 2.06. The Bertz CT molecular complexity index is 243. The molecular formula is C11H16BrN. The maximum atomic E-state index is 3.54. The number of halogens is 1. The number of hydrogen-bond acceptors (Lipinski definition) is 1. The van der Waals surface area contributed by atoms with Crippen molar-refractivity contribution >= 4 is 15.9 Å². The molecule has 0 amide bonds. The molecule has 13 heavy (non-hydrogen) atoms. The Balaban J connectivity index is 2.69. The second kappa shape index (κ2) is 5.40. The van der Waals surface area contributed by atoms with Gasteiger partial charge in [0.15, 0.2) is 0 Å². The van der Waals surface area contributed by atoms with Crippen molar-refractivity contribution < 1.29 is 0 Å². The van der Waals surface area contributed by atoms with Crippen LogP contribution in [0.5, 0.6) is 0 Å². The number of aryl methyl sites for hydroxylation is 1. The molecule has 0 aliphatic heterocycles. The van der Waals surface area contributed by atoms with Gasteiger partial charge < -0.3 is 5.32 Å². The summed E-state index contributed by atoms with van der Waals surface area (Å²) in [6.45, 7) is 2.20. The topological polar surface area (TPSA) is 12.0 Å². The third kappa shape index (κ3) is 3.12. The summed E-state index contributed by atoms with van der Waals surface area (Å²) in [4.78, 5) is 0.267. The van der Waals surface area contributed by atoms with Gasteiger partial charge in [0, 0.05) is 0 Å². The van der Waals surface area contributed by atoms with Gasteiger partial charge >= 0.3 is 0 Å². The molecule has 0 spiro atoms. The Hall–Kier alpha value is -0.340. The molecule has 1 aromatic carbocycles. The Kier molecular flexibility index (Phi) is 4.46. The second-order valence-corrected chi connectivity index (χ2v) is 4.06. The largest absolute Gasteiger partial charge is 0.304 e. The standard InChI is InChI=1S/C11H16BrN/c1-3-4-9-5-7-10(8-6-9)11(12)13-2/h5-8,11,13H,3-4H2,1-2H3. The third-order valence-corrected chi connectivity index (χ3v) is 3.05. The van der Waals surface area contributed by atoms with E-state index in [-0.39, 0.29) is 4.95 Å². The van der Waals surface area contributed by atoms with Gasteiger partial charge in [0.05, 0.1) is 4.95 Å². The number of alkyl halides is 1. The van der Waals surface area contributed by atoms with Crippen LogP contribution in [0.15, 0.2) is 24.3 Å². The maximum absolute atomic E-state index is 3.54. The zero-order valence-electron chi connectivity index (χ0n) is 8.18. The first-order valence-corrected chi connectivity index (χ1v) is 5.59. The van der Waals surface area contributed by atoms with Gasteiger partial charge in [0.25, 0.3) is 0 Å². The van der Waals surface area contributed by atoms with E-state index in [4.69, 9.17) is 0 Å². The van der Waals surface area contributed by atoms with Crippen molar-refractivity contribution in [2.75, 3.05) is 7.05 Å². The minimum absolute atomic E-state index is 0.267. The molecule has 0 bridgehead atoms. The van der Waals surface area contributed by atoms with Crippen LogP contribution in [-0.2, 0) is 6.42 Å². The smallest absolute Gasteiger partial charge is 0.0884 e. The summed E-state index contributed by atoms with van der Waals surface area (Å²) in [7, 11) is 1.94. The molecule has 0 fully saturated rings. The number of hydrogen-bond donors (Lipinski definition) is 1. The van der Waals surface area contributed by atoms with Gasteiger partial charge in [-0.2, -0.15) is 0 Å². The summed E-state index contributed by atoms with van der Waals surface area (Å²) in [5, 5.41) is 3.15. The van der Waals surface area contributed by atoms with Crippen molar-refractivity contribution in [1.29, 1.82) is 0 Å². The zero-order valence-corrected chi connectivity index (χ0v) is 9.76. The van der Waals surface area contributed by atoms with E-state index in [1.54, 1.807) is 0 Å². The highest BCUT2D eigenvalue weighted by molar-refractivity contribution is 9.09. The number of rotatable bonds is 4. The summed E-state index contributed by atoms with van der Waals surface area (Å²) < 4.78 is 0. The van der Waals surface area contributed by atoms with Crippen molar-refractivity contribution in [3.8, 4) is 0 Å². The van der Waals surface area contributed by atoms with E-state index in [1.807, 2.05) is 7.05 Å². The molecule has 0 aromatic heterocycles. The monoisotopic (exact) mass is 241 g/mol. The van der Waals surface area contributed by atoms with Crippen molar-refractivity contribution in [3.63, 3.8) is 0 Å². The minimum Gasteiger partial charge on any atom is -0.304 e. The Morgan fingerprint density at radius 3 is 2.38 bits per heavy atom. The van der Waals surface area contributed by atoms with Crippen LogP contribution < -0.4 is 5.32 Å². The average Bonchev–Trinajstić information content (AvgIpc) is 2.18. The molecule has 1 aromatic rings. The highest BCUT2D eigenvalue weighted by atomic mass is 79.9. The molecule has 0 saturated heterocycles. The van der Waals surface area contributed by atoms with E-state index in [2.05, 4.69) is 52.4 Å². The van der Waals surface area contributed by atoms with Crippen LogP contribution in [0.3, 0.4) is 0 Å². The fourth-order valence-corrected chi connectivity index (χ4v) is 1.61. The highest BCUT2D eigenvalue weighted by Crippen LogP contribution is 2.19. The van der Waals surface area contributed by atoms with Crippen LogP contribution in [-0.4, -0.2) is 7.05 Å². The van der Waals surface area contributed by atoms with Gasteiger partial charge in [-0.15, -0.1) is 0 Å². The van der Waals surface area contributed by atoms with E-state index in [0.29, 0.717) is 0 Å². The molecule has 0 radical (unpaired) electrons. The van der Waals surface area contributed by atoms with E-state index in [1.165, 1.54) is 24.0 Å². The van der Waals surface area contributed by atoms with E-state index >= 15 is 0 Å². The summed E-state index contributed by atoms with van der Waals surface area (Å²) in [5.74, 6) is 0. The van der Waals surface area contributed by atoms with Gasteiger partial charge in [-0.25, -0.2) is 0 Å². The number of nitrogens with one attached hydrogen (secondary N) is 1.